The van der Waals surface area contributed by atoms with Gasteiger partial charge in [0.2, 0.25) is 0 Å². The average Bonchev–Trinajstić information content (AvgIpc) is 2.74. The zero-order valence-corrected chi connectivity index (χ0v) is 16.0. The lowest BCUT2D eigenvalue weighted by molar-refractivity contribution is 0.134. The third kappa shape index (κ3) is 4.57. The van der Waals surface area contributed by atoms with Gasteiger partial charge in [0.05, 0.1) is 31.2 Å². The van der Waals surface area contributed by atoms with Gasteiger partial charge in [0.25, 0.3) is 0 Å². The van der Waals surface area contributed by atoms with Crippen LogP contribution in [0.15, 0.2) is 48.8 Å². The van der Waals surface area contributed by atoms with Gasteiger partial charge in [-0.05, 0) is 18.2 Å². The summed E-state index contributed by atoms with van der Waals surface area (Å²) in [6.45, 7) is 4.32. The van der Waals surface area contributed by atoms with Crippen LogP contribution in [0.5, 0.6) is 17.5 Å². The molecule has 8 nitrogen and oxygen atoms in total. The van der Waals surface area contributed by atoms with Crippen molar-refractivity contribution in [3.63, 3.8) is 0 Å². The highest BCUT2D eigenvalue weighted by Crippen LogP contribution is 2.32. The largest absolute Gasteiger partial charge is 0.423 e. The molecular formula is C20H20FN5O3. The summed E-state index contributed by atoms with van der Waals surface area (Å²) < 4.78 is 24.9. The van der Waals surface area contributed by atoms with E-state index >= 15 is 0 Å². The van der Waals surface area contributed by atoms with Crippen LogP contribution in [-0.4, -0.2) is 26.2 Å². The van der Waals surface area contributed by atoms with E-state index in [1.807, 2.05) is 13.8 Å². The van der Waals surface area contributed by atoms with Crippen molar-refractivity contribution in [1.29, 1.82) is 0 Å². The van der Waals surface area contributed by atoms with Gasteiger partial charge in [0.15, 0.2) is 5.82 Å². The Labute approximate surface area is 167 Å². The van der Waals surface area contributed by atoms with Crippen LogP contribution in [0.3, 0.4) is 0 Å². The van der Waals surface area contributed by atoms with Crippen LogP contribution in [0.1, 0.15) is 25.0 Å². The highest BCUT2D eigenvalue weighted by atomic mass is 19.1. The zero-order valence-electron chi connectivity index (χ0n) is 16.0. The first-order valence-corrected chi connectivity index (χ1v) is 9.04. The number of aromatic nitrogens is 3. The average molecular weight is 397 g/mol. The number of nitrogen functional groups attached to an aromatic ring is 1. The van der Waals surface area contributed by atoms with Gasteiger partial charge in [0, 0.05) is 17.2 Å². The first kappa shape index (κ1) is 20.0. The number of amides is 1. The maximum Gasteiger partial charge on any atom is 0.415 e. The molecule has 1 amide bonds. The van der Waals surface area contributed by atoms with Crippen molar-refractivity contribution in [1.82, 2.24) is 20.1 Å². The number of hydrogen-bond acceptors (Lipinski definition) is 7. The van der Waals surface area contributed by atoms with Gasteiger partial charge in [-0.1, -0.05) is 31.1 Å². The Morgan fingerprint density at radius 3 is 2.83 bits per heavy atom. The fourth-order valence-electron chi connectivity index (χ4n) is 2.69. The first-order chi connectivity index (χ1) is 14.1. The molecule has 0 saturated carbocycles. The number of hydrogen-bond donors (Lipinski definition) is 1. The molecule has 2 N–H and O–H groups in total. The highest BCUT2D eigenvalue weighted by molar-refractivity contribution is 5.73. The van der Waals surface area contributed by atoms with Crippen LogP contribution in [0.25, 0.3) is 0 Å². The summed E-state index contributed by atoms with van der Waals surface area (Å²) >= 11 is 0. The fourth-order valence-corrected chi connectivity index (χ4v) is 2.69. The van der Waals surface area contributed by atoms with Crippen molar-refractivity contribution in [3.8, 4) is 17.5 Å². The first-order valence-electron chi connectivity index (χ1n) is 9.04. The Bertz CT molecular complexity index is 1000. The van der Waals surface area contributed by atoms with Gasteiger partial charge in [0.1, 0.15) is 11.5 Å². The Balaban J connectivity index is 0.00000117. The zero-order chi connectivity index (χ0) is 20.8. The molecule has 2 aromatic carbocycles. The number of nitrogens with zero attached hydrogens (tertiary/aromatic N) is 4. The van der Waals surface area contributed by atoms with E-state index in [0.717, 1.165) is 5.56 Å². The lowest BCUT2D eigenvalue weighted by atomic mass is 10.1. The van der Waals surface area contributed by atoms with E-state index in [1.165, 1.54) is 23.4 Å². The summed E-state index contributed by atoms with van der Waals surface area (Å²) in [4.78, 5) is 17.6. The quantitative estimate of drug-likeness (QED) is 0.665. The molecule has 1 aromatic heterocycles. The number of nitrogens with two attached hydrogens (primary N) is 1. The molecule has 3 aromatic rings. The molecule has 150 valence electrons. The van der Waals surface area contributed by atoms with Crippen LogP contribution >= 0.6 is 0 Å². The van der Waals surface area contributed by atoms with Crippen molar-refractivity contribution in [2.24, 2.45) is 0 Å². The van der Waals surface area contributed by atoms with E-state index in [1.54, 1.807) is 30.3 Å². The van der Waals surface area contributed by atoms with E-state index in [4.69, 9.17) is 15.2 Å². The molecule has 4 rings (SSSR count). The van der Waals surface area contributed by atoms with Crippen LogP contribution in [0.4, 0.5) is 14.9 Å². The third-order valence-corrected chi connectivity index (χ3v) is 4.00. The van der Waals surface area contributed by atoms with Crippen molar-refractivity contribution >= 4 is 11.8 Å². The van der Waals surface area contributed by atoms with Gasteiger partial charge in [-0.2, -0.15) is 5.10 Å². The van der Waals surface area contributed by atoms with Crippen LogP contribution in [-0.2, 0) is 13.1 Å². The predicted molar refractivity (Wildman–Crippen MR) is 104 cm³/mol. The minimum absolute atomic E-state index is 0.0395. The second-order valence-corrected chi connectivity index (χ2v) is 5.84. The van der Waals surface area contributed by atoms with Crippen LogP contribution < -0.4 is 15.2 Å². The molecule has 0 aliphatic carbocycles. The number of anilines is 1. The molecule has 0 spiro atoms. The number of fused-ring (bicyclic) bond motifs is 1. The number of carbonyl (C=O) groups excluding carboxylic acids is 1. The summed E-state index contributed by atoms with van der Waals surface area (Å²) in [5.41, 5.74) is 6.70. The standard InChI is InChI=1S/C18H14FN5O3.C2H6/c19-16-12(2-1-3-14(16)20)10-24-9-11-4-5-13(8-15(11)27-18(24)25)26-17-21-6-7-22-23-17;1-2/h1-8H,9-10,20H2;1-2H3. The van der Waals surface area contributed by atoms with Gasteiger partial charge in [-0.3, -0.25) is 4.90 Å². The predicted octanol–water partition coefficient (Wildman–Crippen LogP) is 3.93. The molecular weight excluding hydrogens is 377 g/mol. The summed E-state index contributed by atoms with van der Waals surface area (Å²) in [5.74, 6) is 0.242. The summed E-state index contributed by atoms with van der Waals surface area (Å²) in [6.07, 6.45) is 2.30. The number of carbonyl (C=O) groups is 1. The van der Waals surface area contributed by atoms with E-state index < -0.39 is 11.9 Å². The Kier molecular flexibility index (Phi) is 6.18. The molecule has 2 heterocycles. The number of rotatable bonds is 4. The van der Waals surface area contributed by atoms with E-state index in [2.05, 4.69) is 15.2 Å². The molecule has 29 heavy (non-hydrogen) atoms. The summed E-state index contributed by atoms with van der Waals surface area (Å²) in [6, 6.07) is 9.81. The summed E-state index contributed by atoms with van der Waals surface area (Å²) in [5, 5.41) is 7.40. The maximum absolute atomic E-state index is 14.1. The smallest absolute Gasteiger partial charge is 0.415 e. The Hall–Kier alpha value is -3.75. The molecule has 0 radical (unpaired) electrons. The molecule has 0 saturated heterocycles. The van der Waals surface area contributed by atoms with Crippen molar-refractivity contribution in [2.45, 2.75) is 26.9 Å². The number of ether oxygens (including phenoxy) is 2. The second-order valence-electron chi connectivity index (χ2n) is 5.84. The van der Waals surface area contributed by atoms with E-state index in [-0.39, 0.29) is 24.8 Å². The molecule has 0 unspecified atom stereocenters. The molecule has 1 aliphatic rings. The Morgan fingerprint density at radius 2 is 2.07 bits per heavy atom. The molecule has 9 heteroatoms. The van der Waals surface area contributed by atoms with Crippen LogP contribution in [0.2, 0.25) is 0 Å². The normalized spacial score (nSPS) is 12.4. The fraction of sp³-hybridized carbons (Fsp3) is 0.200. The topological polar surface area (TPSA) is 103 Å². The number of benzene rings is 2. The van der Waals surface area contributed by atoms with E-state index in [9.17, 15) is 9.18 Å². The van der Waals surface area contributed by atoms with Gasteiger partial charge >= 0.3 is 12.1 Å². The van der Waals surface area contributed by atoms with Gasteiger partial charge < -0.3 is 15.2 Å². The number of halogens is 1. The molecule has 0 atom stereocenters. The highest BCUT2D eigenvalue weighted by Gasteiger charge is 2.26. The van der Waals surface area contributed by atoms with Crippen molar-refractivity contribution in [2.75, 3.05) is 5.73 Å². The van der Waals surface area contributed by atoms with Gasteiger partial charge in [-0.15, -0.1) is 0 Å². The molecule has 0 bridgehead atoms. The molecule has 0 fully saturated rings. The van der Waals surface area contributed by atoms with Crippen LogP contribution in [0, 0.1) is 5.82 Å². The van der Waals surface area contributed by atoms with E-state index in [0.29, 0.717) is 17.1 Å². The van der Waals surface area contributed by atoms with Gasteiger partial charge in [-0.25, -0.2) is 14.2 Å². The SMILES string of the molecule is CC.Nc1cccc(CN2Cc3ccc(Oc4nccnn4)cc3OC2=O)c1F. The lowest BCUT2D eigenvalue weighted by Gasteiger charge is -2.28. The monoisotopic (exact) mass is 397 g/mol. The van der Waals surface area contributed by atoms with Crippen molar-refractivity contribution < 1.29 is 18.7 Å². The Morgan fingerprint density at radius 1 is 1.24 bits per heavy atom. The summed E-state index contributed by atoms with van der Waals surface area (Å²) in [7, 11) is 0. The van der Waals surface area contributed by atoms with Crippen molar-refractivity contribution in [3.05, 3.63) is 65.7 Å². The maximum atomic E-state index is 14.1. The minimum atomic E-state index is -0.584. The lowest BCUT2D eigenvalue weighted by Crippen LogP contribution is -2.36. The molecule has 1 aliphatic heterocycles. The third-order valence-electron chi connectivity index (χ3n) is 4.00. The minimum Gasteiger partial charge on any atom is -0.423 e. The second kappa shape index (κ2) is 8.96.